The molecule has 1 aliphatic carbocycles. The van der Waals surface area contributed by atoms with Crippen LogP contribution in [0.2, 0.25) is 0 Å². The van der Waals surface area contributed by atoms with Gasteiger partial charge in [-0.05, 0) is 38.7 Å². The van der Waals surface area contributed by atoms with E-state index in [1.165, 1.54) is 0 Å². The van der Waals surface area contributed by atoms with Gasteiger partial charge in [-0.3, -0.25) is 0 Å². The molecule has 0 bridgehead atoms. The smallest absolute Gasteiger partial charge is 0.369 e. The zero-order valence-electron chi connectivity index (χ0n) is 14.7. The summed E-state index contributed by atoms with van der Waals surface area (Å²) in [5.41, 5.74) is 3.40. The molecule has 0 radical (unpaired) electrons. The highest BCUT2D eigenvalue weighted by atomic mass is 19.4. The molecule has 3 heterocycles. The number of morpholine rings is 1. The van der Waals surface area contributed by atoms with Crippen LogP contribution < -0.4 is 5.32 Å². The normalized spacial score (nSPS) is 27.8. The minimum atomic E-state index is -4.08. The van der Waals surface area contributed by atoms with Crippen molar-refractivity contribution >= 4 is 5.65 Å². The third-order valence-electron chi connectivity index (χ3n) is 5.47. The Balaban J connectivity index is 1.60. The van der Waals surface area contributed by atoms with Gasteiger partial charge in [0.05, 0.1) is 23.9 Å². The van der Waals surface area contributed by atoms with E-state index in [9.17, 15) is 13.2 Å². The van der Waals surface area contributed by atoms with Gasteiger partial charge in [-0.1, -0.05) is 0 Å². The first-order chi connectivity index (χ1) is 12.4. The molecule has 2 aromatic heterocycles. The second-order valence-corrected chi connectivity index (χ2v) is 7.32. The molecule has 5 nitrogen and oxygen atoms in total. The second kappa shape index (κ2) is 6.81. The molecule has 1 N–H and O–H groups in total. The molecular weight excluding hydrogens is 345 g/mol. The summed E-state index contributed by atoms with van der Waals surface area (Å²) in [5.74, 6) is -1.11. The summed E-state index contributed by atoms with van der Waals surface area (Å²) in [5, 5.41) is 8.02. The summed E-state index contributed by atoms with van der Waals surface area (Å²) >= 11 is 0. The van der Waals surface area contributed by atoms with Crippen LogP contribution in [0.5, 0.6) is 0 Å². The fraction of sp³-hybridized carbons (Fsp3) is 0.667. The first kappa shape index (κ1) is 17.7. The fourth-order valence-corrected chi connectivity index (χ4v) is 4.05. The van der Waals surface area contributed by atoms with E-state index in [2.05, 4.69) is 10.3 Å². The lowest BCUT2D eigenvalue weighted by molar-refractivity contribution is -0.182. The highest BCUT2D eigenvalue weighted by molar-refractivity contribution is 5.43. The van der Waals surface area contributed by atoms with Crippen molar-refractivity contribution < 1.29 is 17.9 Å². The van der Waals surface area contributed by atoms with Crippen LogP contribution in [-0.4, -0.2) is 40.5 Å². The van der Waals surface area contributed by atoms with Crippen LogP contribution in [0, 0.1) is 12.8 Å². The lowest BCUT2D eigenvalue weighted by Crippen LogP contribution is -2.34. The number of nitrogens with zero attached hydrogens (tertiary/aromatic N) is 3. The zero-order valence-corrected chi connectivity index (χ0v) is 14.7. The number of halogens is 3. The molecule has 142 valence electrons. The Morgan fingerprint density at radius 1 is 1.19 bits per heavy atom. The largest absolute Gasteiger partial charge is 0.391 e. The SMILES string of the molecule is Cc1cc(C2CNCCO2)n2nc(C3CCC(C(F)(F)F)CC3)cc2n1. The summed E-state index contributed by atoms with van der Waals surface area (Å²) in [6.07, 6.45) is -2.79. The molecular formula is C18H23F3N4O. The quantitative estimate of drug-likeness (QED) is 0.881. The summed E-state index contributed by atoms with van der Waals surface area (Å²) in [6.45, 7) is 4.12. The summed E-state index contributed by atoms with van der Waals surface area (Å²) in [6, 6.07) is 3.90. The lowest BCUT2D eigenvalue weighted by atomic mass is 9.80. The minimum Gasteiger partial charge on any atom is -0.369 e. The van der Waals surface area contributed by atoms with Gasteiger partial charge in [-0.2, -0.15) is 18.3 Å². The van der Waals surface area contributed by atoms with Crippen molar-refractivity contribution in [3.8, 4) is 0 Å². The molecule has 2 aliphatic rings. The van der Waals surface area contributed by atoms with E-state index in [4.69, 9.17) is 9.84 Å². The van der Waals surface area contributed by atoms with Crippen LogP contribution in [0.15, 0.2) is 12.1 Å². The average molecular weight is 368 g/mol. The highest BCUT2D eigenvalue weighted by Gasteiger charge is 2.42. The third kappa shape index (κ3) is 3.44. The first-order valence-electron chi connectivity index (χ1n) is 9.18. The molecule has 0 amide bonds. The molecule has 1 saturated heterocycles. The summed E-state index contributed by atoms with van der Waals surface area (Å²) in [4.78, 5) is 4.55. The molecule has 8 heteroatoms. The van der Waals surface area contributed by atoms with Crippen molar-refractivity contribution in [1.82, 2.24) is 19.9 Å². The van der Waals surface area contributed by atoms with E-state index in [1.54, 1.807) is 4.52 Å². The van der Waals surface area contributed by atoms with Gasteiger partial charge in [-0.15, -0.1) is 0 Å². The number of aryl methyl sites for hydroxylation is 1. The maximum atomic E-state index is 12.9. The lowest BCUT2D eigenvalue weighted by Gasteiger charge is -2.28. The molecule has 0 spiro atoms. The summed E-state index contributed by atoms with van der Waals surface area (Å²) in [7, 11) is 0. The number of nitrogens with one attached hydrogen (secondary N) is 1. The van der Waals surface area contributed by atoms with E-state index in [-0.39, 0.29) is 24.9 Å². The minimum absolute atomic E-state index is 0.0638. The maximum absolute atomic E-state index is 12.9. The van der Waals surface area contributed by atoms with Gasteiger partial charge in [0.25, 0.3) is 0 Å². The highest BCUT2D eigenvalue weighted by Crippen LogP contribution is 2.42. The van der Waals surface area contributed by atoms with Gasteiger partial charge >= 0.3 is 6.18 Å². The van der Waals surface area contributed by atoms with Gasteiger partial charge in [0.1, 0.15) is 6.10 Å². The van der Waals surface area contributed by atoms with Crippen molar-refractivity contribution in [3.05, 3.63) is 29.2 Å². The Hall–Kier alpha value is -1.67. The van der Waals surface area contributed by atoms with Gasteiger partial charge in [0.15, 0.2) is 5.65 Å². The predicted molar refractivity (Wildman–Crippen MR) is 90.0 cm³/mol. The van der Waals surface area contributed by atoms with Gasteiger partial charge in [0, 0.05) is 30.8 Å². The number of alkyl halides is 3. The van der Waals surface area contributed by atoms with Crippen LogP contribution in [0.1, 0.15) is 54.8 Å². The predicted octanol–water partition coefficient (Wildman–Crippen LogP) is 3.53. The van der Waals surface area contributed by atoms with E-state index < -0.39 is 12.1 Å². The second-order valence-electron chi connectivity index (χ2n) is 7.32. The number of rotatable bonds is 2. The first-order valence-corrected chi connectivity index (χ1v) is 9.18. The van der Waals surface area contributed by atoms with Crippen molar-refractivity contribution in [2.75, 3.05) is 19.7 Å². The Labute approximate surface area is 149 Å². The van der Waals surface area contributed by atoms with Gasteiger partial charge in [0.2, 0.25) is 0 Å². The summed E-state index contributed by atoms with van der Waals surface area (Å²) < 4.78 is 46.3. The Kier molecular flexibility index (Phi) is 4.64. The molecule has 1 aliphatic heterocycles. The Morgan fingerprint density at radius 3 is 2.62 bits per heavy atom. The van der Waals surface area contributed by atoms with Crippen molar-refractivity contribution in [1.29, 1.82) is 0 Å². The molecule has 4 rings (SSSR count). The van der Waals surface area contributed by atoms with E-state index in [0.29, 0.717) is 26.0 Å². The molecule has 2 aromatic rings. The van der Waals surface area contributed by atoms with E-state index in [0.717, 1.165) is 29.3 Å². The van der Waals surface area contributed by atoms with Crippen LogP contribution >= 0.6 is 0 Å². The number of fused-ring (bicyclic) bond motifs is 1. The Bertz CT molecular complexity index is 775. The molecule has 0 aromatic carbocycles. The molecule has 1 unspecified atom stereocenters. The average Bonchev–Trinajstić information content (AvgIpc) is 3.05. The van der Waals surface area contributed by atoms with Gasteiger partial charge in [-0.25, -0.2) is 9.50 Å². The molecule has 1 atom stereocenters. The van der Waals surface area contributed by atoms with Crippen LogP contribution in [-0.2, 0) is 4.74 Å². The molecule has 1 saturated carbocycles. The fourth-order valence-electron chi connectivity index (χ4n) is 4.05. The van der Waals surface area contributed by atoms with E-state index >= 15 is 0 Å². The topological polar surface area (TPSA) is 51.5 Å². The monoisotopic (exact) mass is 368 g/mol. The molecule has 26 heavy (non-hydrogen) atoms. The number of ether oxygens (including phenoxy) is 1. The number of hydrogen-bond donors (Lipinski definition) is 1. The molecule has 2 fully saturated rings. The number of aromatic nitrogens is 3. The maximum Gasteiger partial charge on any atom is 0.391 e. The van der Waals surface area contributed by atoms with Crippen LogP contribution in [0.25, 0.3) is 5.65 Å². The third-order valence-corrected chi connectivity index (χ3v) is 5.47. The van der Waals surface area contributed by atoms with Crippen molar-refractivity contribution in [3.63, 3.8) is 0 Å². The van der Waals surface area contributed by atoms with Gasteiger partial charge < -0.3 is 10.1 Å². The zero-order chi connectivity index (χ0) is 18.3. The number of hydrogen-bond acceptors (Lipinski definition) is 4. The van der Waals surface area contributed by atoms with E-state index in [1.807, 2.05) is 19.1 Å². The van der Waals surface area contributed by atoms with Crippen molar-refractivity contribution in [2.24, 2.45) is 5.92 Å². The van der Waals surface area contributed by atoms with Crippen LogP contribution in [0.4, 0.5) is 13.2 Å². The van der Waals surface area contributed by atoms with Crippen LogP contribution in [0.3, 0.4) is 0 Å². The Morgan fingerprint density at radius 2 is 1.96 bits per heavy atom. The standard InChI is InChI=1S/C18H23F3N4O/c1-11-8-15(16-10-22-6-7-26-16)25-17(23-11)9-14(24-25)12-2-4-13(5-3-12)18(19,20)21/h8-9,12-13,16,22H,2-7,10H2,1H3. The van der Waals surface area contributed by atoms with Crippen molar-refractivity contribution in [2.45, 2.75) is 50.8 Å².